The molecule has 0 saturated carbocycles. The molecule has 2 aliphatic rings. The average molecular weight is 372 g/mol. The third kappa shape index (κ3) is 4.02. The number of carbonyl (C=O) groups is 2. The number of likely N-dealkylation sites (tertiary alicyclic amines) is 1. The summed E-state index contributed by atoms with van der Waals surface area (Å²) >= 11 is 5.89. The molecular formula is C17H23Cl2N3O2. The lowest BCUT2D eigenvalue weighted by molar-refractivity contribution is -0.137. The van der Waals surface area contributed by atoms with Crippen LogP contribution in [-0.4, -0.2) is 49.4 Å². The minimum absolute atomic E-state index is 0. The van der Waals surface area contributed by atoms with Crippen LogP contribution < -0.4 is 10.2 Å². The summed E-state index contributed by atoms with van der Waals surface area (Å²) in [5, 5.41) is 3.88. The third-order valence-corrected chi connectivity index (χ3v) is 5.01. The molecule has 132 valence electrons. The van der Waals surface area contributed by atoms with E-state index >= 15 is 0 Å². The summed E-state index contributed by atoms with van der Waals surface area (Å²) in [4.78, 5) is 28.6. The van der Waals surface area contributed by atoms with Gasteiger partial charge in [0.1, 0.15) is 0 Å². The van der Waals surface area contributed by atoms with Gasteiger partial charge in [0.25, 0.3) is 0 Å². The fourth-order valence-electron chi connectivity index (χ4n) is 3.41. The average Bonchev–Trinajstić information content (AvgIpc) is 2.97. The standard InChI is InChI=1S/C17H22ClN3O2.ClH/c1-19-14-3-2-8-20(11-14)17(23)12-9-16(22)21(10-12)15-6-4-13(18)5-7-15;/h4-7,12,14,19H,2-3,8-11H2,1H3;1H. The number of hydrogen-bond donors (Lipinski definition) is 1. The highest BCUT2D eigenvalue weighted by molar-refractivity contribution is 6.30. The monoisotopic (exact) mass is 371 g/mol. The number of nitrogens with zero attached hydrogens (tertiary/aromatic N) is 2. The Balaban J connectivity index is 0.00000208. The maximum Gasteiger partial charge on any atom is 0.228 e. The Bertz CT molecular complexity index is 594. The number of halogens is 2. The number of piperidine rings is 1. The second kappa shape index (κ2) is 8.19. The van der Waals surface area contributed by atoms with Crippen molar-refractivity contribution >= 4 is 41.5 Å². The molecule has 0 spiro atoms. The second-order valence-electron chi connectivity index (χ2n) is 6.29. The van der Waals surface area contributed by atoms with Gasteiger partial charge in [0.15, 0.2) is 0 Å². The summed E-state index contributed by atoms with van der Waals surface area (Å²) in [5.74, 6) is -0.128. The van der Waals surface area contributed by atoms with Gasteiger partial charge in [-0.15, -0.1) is 12.4 Å². The Morgan fingerprint density at radius 1 is 1.25 bits per heavy atom. The summed E-state index contributed by atoms with van der Waals surface area (Å²) in [6.07, 6.45) is 2.40. The zero-order valence-electron chi connectivity index (χ0n) is 13.7. The van der Waals surface area contributed by atoms with Crippen molar-refractivity contribution in [2.45, 2.75) is 25.3 Å². The van der Waals surface area contributed by atoms with E-state index < -0.39 is 0 Å². The summed E-state index contributed by atoms with van der Waals surface area (Å²) in [5.41, 5.74) is 0.807. The molecule has 0 aliphatic carbocycles. The first kappa shape index (κ1) is 19.0. The number of likely N-dealkylation sites (N-methyl/N-ethyl adjacent to an activating group) is 1. The molecule has 0 bridgehead atoms. The maximum atomic E-state index is 12.7. The van der Waals surface area contributed by atoms with Crippen LogP contribution in [0.3, 0.4) is 0 Å². The van der Waals surface area contributed by atoms with Gasteiger partial charge < -0.3 is 15.1 Å². The Hall–Kier alpha value is -1.30. The van der Waals surface area contributed by atoms with Crippen molar-refractivity contribution in [1.29, 1.82) is 0 Å². The van der Waals surface area contributed by atoms with Crippen LogP contribution in [0.5, 0.6) is 0 Å². The quantitative estimate of drug-likeness (QED) is 0.886. The smallest absolute Gasteiger partial charge is 0.228 e. The van der Waals surface area contributed by atoms with Crippen LogP contribution in [0.4, 0.5) is 5.69 Å². The highest BCUT2D eigenvalue weighted by Gasteiger charge is 2.38. The summed E-state index contributed by atoms with van der Waals surface area (Å²) in [6, 6.07) is 7.54. The molecule has 2 heterocycles. The van der Waals surface area contributed by atoms with Gasteiger partial charge in [-0.1, -0.05) is 11.6 Å². The van der Waals surface area contributed by atoms with E-state index in [2.05, 4.69) is 5.32 Å². The molecule has 0 radical (unpaired) electrons. The number of benzene rings is 1. The minimum Gasteiger partial charge on any atom is -0.341 e. The molecular weight excluding hydrogens is 349 g/mol. The third-order valence-electron chi connectivity index (χ3n) is 4.75. The second-order valence-corrected chi connectivity index (χ2v) is 6.73. The van der Waals surface area contributed by atoms with Crippen molar-refractivity contribution in [3.63, 3.8) is 0 Å². The summed E-state index contributed by atoms with van der Waals surface area (Å²) in [7, 11) is 1.93. The SMILES string of the molecule is CNC1CCCN(C(=O)C2CC(=O)N(c3ccc(Cl)cc3)C2)C1.Cl. The molecule has 2 amide bonds. The molecule has 7 heteroatoms. The van der Waals surface area contributed by atoms with E-state index in [-0.39, 0.29) is 30.1 Å². The lowest BCUT2D eigenvalue weighted by atomic mass is 10.0. The van der Waals surface area contributed by atoms with E-state index in [1.54, 1.807) is 17.0 Å². The van der Waals surface area contributed by atoms with E-state index in [9.17, 15) is 9.59 Å². The van der Waals surface area contributed by atoms with Gasteiger partial charge in [-0.3, -0.25) is 9.59 Å². The first-order valence-electron chi connectivity index (χ1n) is 8.10. The molecule has 24 heavy (non-hydrogen) atoms. The summed E-state index contributed by atoms with van der Waals surface area (Å²) in [6.45, 7) is 1.99. The number of carbonyl (C=O) groups excluding carboxylic acids is 2. The van der Waals surface area contributed by atoms with Crippen molar-refractivity contribution in [2.24, 2.45) is 5.92 Å². The molecule has 1 aromatic carbocycles. The van der Waals surface area contributed by atoms with Crippen LogP contribution in [-0.2, 0) is 9.59 Å². The van der Waals surface area contributed by atoms with Crippen molar-refractivity contribution in [3.05, 3.63) is 29.3 Å². The fraction of sp³-hybridized carbons (Fsp3) is 0.529. The molecule has 0 aromatic heterocycles. The van der Waals surface area contributed by atoms with Gasteiger partial charge in [0.2, 0.25) is 11.8 Å². The lowest BCUT2D eigenvalue weighted by Crippen LogP contribution is -2.49. The molecule has 2 saturated heterocycles. The number of amides is 2. The fourth-order valence-corrected chi connectivity index (χ4v) is 3.54. The number of anilines is 1. The van der Waals surface area contributed by atoms with E-state index in [0.717, 1.165) is 31.6 Å². The molecule has 2 atom stereocenters. The van der Waals surface area contributed by atoms with Gasteiger partial charge in [0, 0.05) is 42.8 Å². The van der Waals surface area contributed by atoms with Gasteiger partial charge in [-0.05, 0) is 44.2 Å². The van der Waals surface area contributed by atoms with Crippen LogP contribution in [0.25, 0.3) is 0 Å². The van der Waals surface area contributed by atoms with Gasteiger partial charge in [-0.25, -0.2) is 0 Å². The molecule has 1 N–H and O–H groups in total. The van der Waals surface area contributed by atoms with Crippen LogP contribution in [0.2, 0.25) is 5.02 Å². The van der Waals surface area contributed by atoms with E-state index in [0.29, 0.717) is 24.0 Å². The first-order chi connectivity index (χ1) is 11.1. The Kier molecular flexibility index (Phi) is 6.49. The molecule has 2 unspecified atom stereocenters. The normalized spacial score (nSPS) is 24.0. The van der Waals surface area contributed by atoms with Crippen molar-refractivity contribution in [1.82, 2.24) is 10.2 Å². The lowest BCUT2D eigenvalue weighted by Gasteiger charge is -2.34. The van der Waals surface area contributed by atoms with Crippen molar-refractivity contribution < 1.29 is 9.59 Å². The zero-order chi connectivity index (χ0) is 16.4. The largest absolute Gasteiger partial charge is 0.341 e. The van der Waals surface area contributed by atoms with Crippen LogP contribution in [0.1, 0.15) is 19.3 Å². The maximum absolute atomic E-state index is 12.7. The first-order valence-corrected chi connectivity index (χ1v) is 8.48. The zero-order valence-corrected chi connectivity index (χ0v) is 15.3. The molecule has 3 rings (SSSR count). The predicted molar refractivity (Wildman–Crippen MR) is 97.8 cm³/mol. The highest BCUT2D eigenvalue weighted by atomic mass is 35.5. The van der Waals surface area contributed by atoms with E-state index in [1.807, 2.05) is 24.1 Å². The minimum atomic E-state index is -0.242. The van der Waals surface area contributed by atoms with Crippen LogP contribution in [0.15, 0.2) is 24.3 Å². The molecule has 2 fully saturated rings. The van der Waals surface area contributed by atoms with E-state index in [4.69, 9.17) is 11.6 Å². The number of rotatable bonds is 3. The van der Waals surface area contributed by atoms with Crippen LogP contribution >= 0.6 is 24.0 Å². The number of hydrogen-bond acceptors (Lipinski definition) is 3. The topological polar surface area (TPSA) is 52.7 Å². The highest BCUT2D eigenvalue weighted by Crippen LogP contribution is 2.28. The number of nitrogens with one attached hydrogen (secondary N) is 1. The molecule has 2 aliphatic heterocycles. The van der Waals surface area contributed by atoms with Gasteiger partial charge in [0.05, 0.1) is 5.92 Å². The Morgan fingerprint density at radius 2 is 1.96 bits per heavy atom. The van der Waals surface area contributed by atoms with Crippen LogP contribution in [0, 0.1) is 5.92 Å². The van der Waals surface area contributed by atoms with Gasteiger partial charge >= 0.3 is 0 Å². The molecule has 1 aromatic rings. The Labute approximate surface area is 153 Å². The predicted octanol–water partition coefficient (Wildman–Crippen LogP) is 2.33. The Morgan fingerprint density at radius 3 is 2.62 bits per heavy atom. The van der Waals surface area contributed by atoms with Crippen molar-refractivity contribution in [2.75, 3.05) is 31.6 Å². The van der Waals surface area contributed by atoms with E-state index in [1.165, 1.54) is 0 Å². The molecule has 5 nitrogen and oxygen atoms in total. The van der Waals surface area contributed by atoms with Gasteiger partial charge in [-0.2, -0.15) is 0 Å². The summed E-state index contributed by atoms with van der Waals surface area (Å²) < 4.78 is 0. The van der Waals surface area contributed by atoms with Crippen molar-refractivity contribution in [3.8, 4) is 0 Å².